The maximum atomic E-state index is 13.1. The normalized spacial score (nSPS) is 31.2. The lowest BCUT2D eigenvalue weighted by Crippen LogP contribution is -2.54. The molecule has 1 saturated carbocycles. The zero-order valence-corrected chi connectivity index (χ0v) is 20.9. The molecule has 0 radical (unpaired) electrons. The maximum Gasteiger partial charge on any atom is 0.322 e. The monoisotopic (exact) mass is 480 g/mol. The van der Waals surface area contributed by atoms with Crippen molar-refractivity contribution >= 4 is 17.8 Å². The van der Waals surface area contributed by atoms with E-state index in [0.717, 1.165) is 31.4 Å². The van der Waals surface area contributed by atoms with Crippen LogP contribution >= 0.6 is 0 Å². The van der Waals surface area contributed by atoms with Gasteiger partial charge in [-0.25, -0.2) is 9.79 Å². The fourth-order valence-corrected chi connectivity index (χ4v) is 5.98. The Kier molecular flexibility index (Phi) is 6.31. The van der Waals surface area contributed by atoms with E-state index in [1.54, 1.807) is 11.1 Å². The number of nitrogens with zero attached hydrogens (tertiary/aromatic N) is 4. The summed E-state index contributed by atoms with van der Waals surface area (Å²) in [4.78, 5) is 36.3. The van der Waals surface area contributed by atoms with Gasteiger partial charge in [-0.15, -0.1) is 0 Å². The summed E-state index contributed by atoms with van der Waals surface area (Å²) in [6.07, 6.45) is 5.44. The maximum absolute atomic E-state index is 13.1. The van der Waals surface area contributed by atoms with Gasteiger partial charge in [0.2, 0.25) is 0 Å². The van der Waals surface area contributed by atoms with Crippen molar-refractivity contribution in [2.24, 2.45) is 4.99 Å². The third-order valence-corrected chi connectivity index (χ3v) is 8.21. The zero-order chi connectivity index (χ0) is 24.6. The molecule has 1 spiro atoms. The molecule has 3 aliphatic heterocycles. The van der Waals surface area contributed by atoms with Crippen molar-refractivity contribution in [2.75, 3.05) is 46.9 Å². The summed E-state index contributed by atoms with van der Waals surface area (Å²) in [5, 5.41) is 6.54. The van der Waals surface area contributed by atoms with Crippen LogP contribution in [-0.2, 0) is 15.1 Å². The Labute approximate surface area is 207 Å². The molecule has 2 N–H and O–H groups in total. The predicted octanol–water partition coefficient (Wildman–Crippen LogP) is 1.87. The number of nitrogens with one attached hydrogen (secondary N) is 2. The number of amidine groups is 1. The van der Waals surface area contributed by atoms with Crippen LogP contribution in [0.1, 0.15) is 38.2 Å². The Balaban J connectivity index is 1.30. The molecule has 35 heavy (non-hydrogen) atoms. The van der Waals surface area contributed by atoms with Gasteiger partial charge < -0.3 is 20.3 Å². The van der Waals surface area contributed by atoms with Crippen molar-refractivity contribution in [2.45, 2.75) is 49.7 Å². The largest absolute Gasteiger partial charge is 0.378 e. The minimum absolute atomic E-state index is 0.0251. The number of amides is 3. The van der Waals surface area contributed by atoms with Gasteiger partial charge in [-0.1, -0.05) is 30.3 Å². The number of urea groups is 1. The first kappa shape index (κ1) is 23.8. The van der Waals surface area contributed by atoms with E-state index in [0.29, 0.717) is 38.7 Å². The average molecular weight is 481 g/mol. The number of hydrogen-bond acceptors (Lipinski definition) is 6. The van der Waals surface area contributed by atoms with E-state index in [-0.39, 0.29) is 29.1 Å². The van der Waals surface area contributed by atoms with E-state index in [2.05, 4.69) is 65.0 Å². The second-order valence-electron chi connectivity index (χ2n) is 10.4. The van der Waals surface area contributed by atoms with Crippen LogP contribution in [0.15, 0.2) is 47.2 Å². The first-order chi connectivity index (χ1) is 16.8. The average Bonchev–Trinajstić information content (AvgIpc) is 3.20. The first-order valence-electron chi connectivity index (χ1n) is 12.6. The summed E-state index contributed by atoms with van der Waals surface area (Å²) in [7, 11) is 4.30. The highest BCUT2D eigenvalue weighted by Crippen LogP contribution is 2.46. The molecule has 1 atom stereocenters. The van der Waals surface area contributed by atoms with E-state index < -0.39 is 0 Å². The van der Waals surface area contributed by atoms with Crippen molar-refractivity contribution < 1.29 is 14.3 Å². The molecule has 4 aliphatic rings. The second-order valence-corrected chi connectivity index (χ2v) is 10.4. The Morgan fingerprint density at radius 1 is 1.11 bits per heavy atom. The Morgan fingerprint density at radius 2 is 1.80 bits per heavy atom. The number of ether oxygens (including phenoxy) is 1. The summed E-state index contributed by atoms with van der Waals surface area (Å²) in [5.74, 6) is 0.208. The standard InChI is InChI=1S/C26H36N6O3/c1-19-21(17-27-22(28-19)23(33)31-13-15-35-16-14-31)32-18-25(29-24(32)34)9-11-26(12-10-25,30(2)3)20-7-5-4-6-8-20/h4-8,17,19H,9-16,18H2,1-3H3,(H,27,28)(H,29,34)/t19?,25-,26+. The molecule has 188 valence electrons. The van der Waals surface area contributed by atoms with Crippen LogP contribution < -0.4 is 10.6 Å². The molecule has 9 heteroatoms. The lowest BCUT2D eigenvalue weighted by molar-refractivity contribution is -0.128. The van der Waals surface area contributed by atoms with Crippen molar-refractivity contribution in [1.29, 1.82) is 0 Å². The van der Waals surface area contributed by atoms with Crippen molar-refractivity contribution in [3.05, 3.63) is 47.8 Å². The molecule has 1 unspecified atom stereocenters. The van der Waals surface area contributed by atoms with Gasteiger partial charge in [0.05, 0.1) is 43.2 Å². The van der Waals surface area contributed by atoms with Crippen molar-refractivity contribution in [3.63, 3.8) is 0 Å². The summed E-state index contributed by atoms with van der Waals surface area (Å²) in [6.45, 7) is 4.82. The number of benzene rings is 1. The van der Waals surface area contributed by atoms with Crippen LogP contribution in [-0.4, -0.2) is 91.0 Å². The molecular formula is C26H36N6O3. The number of carbonyl (C=O) groups excluding carboxylic acids is 2. The Morgan fingerprint density at radius 3 is 2.43 bits per heavy atom. The van der Waals surface area contributed by atoms with Gasteiger partial charge >= 0.3 is 6.03 Å². The number of hydrogen-bond donors (Lipinski definition) is 2. The molecule has 2 saturated heterocycles. The smallest absolute Gasteiger partial charge is 0.322 e. The van der Waals surface area contributed by atoms with Crippen LogP contribution in [0.3, 0.4) is 0 Å². The zero-order valence-electron chi connectivity index (χ0n) is 20.9. The molecule has 3 fully saturated rings. The van der Waals surface area contributed by atoms with E-state index in [9.17, 15) is 9.59 Å². The minimum atomic E-state index is -0.250. The topological polar surface area (TPSA) is 89.5 Å². The van der Waals surface area contributed by atoms with Crippen LogP contribution in [0.4, 0.5) is 4.79 Å². The highest BCUT2D eigenvalue weighted by molar-refractivity contribution is 6.38. The minimum Gasteiger partial charge on any atom is -0.378 e. The number of carbonyl (C=O) groups is 2. The summed E-state index contributed by atoms with van der Waals surface area (Å²) in [5.41, 5.74) is 1.86. The van der Waals surface area contributed by atoms with Crippen LogP contribution in [0.2, 0.25) is 0 Å². The fourth-order valence-electron chi connectivity index (χ4n) is 5.98. The molecule has 1 aliphatic carbocycles. The van der Waals surface area contributed by atoms with Crippen LogP contribution in [0, 0.1) is 0 Å². The van der Waals surface area contributed by atoms with E-state index in [4.69, 9.17) is 4.74 Å². The van der Waals surface area contributed by atoms with Gasteiger partial charge in [-0.2, -0.15) is 0 Å². The summed E-state index contributed by atoms with van der Waals surface area (Å²) in [6, 6.07) is 10.4. The number of aliphatic imine (C=N–C) groups is 1. The molecule has 1 aromatic carbocycles. The molecule has 0 bridgehead atoms. The second kappa shape index (κ2) is 9.28. The number of rotatable bonds is 4. The molecule has 5 rings (SSSR count). The highest BCUT2D eigenvalue weighted by atomic mass is 16.5. The summed E-state index contributed by atoms with van der Waals surface area (Å²) >= 11 is 0. The van der Waals surface area contributed by atoms with E-state index in [1.165, 1.54) is 5.56 Å². The van der Waals surface area contributed by atoms with Crippen LogP contribution in [0.25, 0.3) is 0 Å². The van der Waals surface area contributed by atoms with Gasteiger partial charge in [0.15, 0.2) is 5.84 Å². The third-order valence-electron chi connectivity index (χ3n) is 8.21. The Hall–Kier alpha value is -2.91. The van der Waals surface area contributed by atoms with Crippen molar-refractivity contribution in [3.8, 4) is 0 Å². The van der Waals surface area contributed by atoms with Gasteiger partial charge in [-0.3, -0.25) is 14.6 Å². The SMILES string of the molecule is CC1NC(C(=O)N2CCOCC2)=NC=C1N1C[C@]2(CC[C@](c3ccccc3)(N(C)C)CC2)NC1=O. The summed E-state index contributed by atoms with van der Waals surface area (Å²) < 4.78 is 5.34. The number of morpholine rings is 1. The van der Waals surface area contributed by atoms with Crippen molar-refractivity contribution in [1.82, 2.24) is 25.3 Å². The fraction of sp³-hybridized carbons (Fsp3) is 0.577. The molecule has 3 heterocycles. The molecular weight excluding hydrogens is 444 g/mol. The highest BCUT2D eigenvalue weighted by Gasteiger charge is 2.51. The third kappa shape index (κ3) is 4.31. The first-order valence-corrected chi connectivity index (χ1v) is 12.6. The molecule has 1 aromatic rings. The van der Waals surface area contributed by atoms with Gasteiger partial charge in [0, 0.05) is 18.6 Å². The van der Waals surface area contributed by atoms with Gasteiger partial charge in [-0.05, 0) is 52.3 Å². The molecule has 0 aromatic heterocycles. The van der Waals surface area contributed by atoms with Gasteiger partial charge in [0.1, 0.15) is 0 Å². The van der Waals surface area contributed by atoms with E-state index >= 15 is 0 Å². The predicted molar refractivity (Wildman–Crippen MR) is 134 cm³/mol. The molecule has 9 nitrogen and oxygen atoms in total. The quantitative estimate of drug-likeness (QED) is 0.687. The Bertz CT molecular complexity index is 1020. The lowest BCUT2D eigenvalue weighted by Gasteiger charge is -2.48. The van der Waals surface area contributed by atoms with E-state index in [1.807, 2.05) is 11.8 Å². The van der Waals surface area contributed by atoms with Crippen LogP contribution in [0.5, 0.6) is 0 Å². The molecule has 3 amide bonds. The lowest BCUT2D eigenvalue weighted by atomic mass is 9.69. The van der Waals surface area contributed by atoms with Gasteiger partial charge in [0.25, 0.3) is 5.91 Å².